The van der Waals surface area contributed by atoms with Crippen LogP contribution in [-0.4, -0.2) is 38.3 Å². The molecule has 0 atom stereocenters. The summed E-state index contributed by atoms with van der Waals surface area (Å²) in [5.74, 6) is -0.257. The minimum atomic E-state index is -3.58. The van der Waals surface area contributed by atoms with Crippen molar-refractivity contribution in [2.75, 3.05) is 30.3 Å². The molecule has 0 aromatic heterocycles. The smallest absolute Gasteiger partial charge is 0.243 e. The standard InChI is InChI=1S/C20H26BrN3O3S/c1-5-24(6-2)28(26,27)16-9-8-15(4)19(12-16)23-20(25)13-22-18-10-7-14(3)11-17(18)21/h7-12,22H,5-6,13H2,1-4H3,(H,23,25). The second-order valence-electron chi connectivity index (χ2n) is 6.45. The van der Waals surface area contributed by atoms with Gasteiger partial charge in [-0.25, -0.2) is 8.42 Å². The molecule has 2 N–H and O–H groups in total. The van der Waals surface area contributed by atoms with Gasteiger partial charge in [-0.3, -0.25) is 4.79 Å². The van der Waals surface area contributed by atoms with Crippen molar-refractivity contribution >= 4 is 43.2 Å². The lowest BCUT2D eigenvalue weighted by atomic mass is 10.2. The molecule has 2 aromatic rings. The van der Waals surface area contributed by atoms with Crippen LogP contribution in [0, 0.1) is 13.8 Å². The molecule has 0 heterocycles. The lowest BCUT2D eigenvalue weighted by molar-refractivity contribution is -0.114. The molecule has 8 heteroatoms. The molecule has 0 fully saturated rings. The number of anilines is 2. The number of rotatable bonds is 8. The number of halogens is 1. The van der Waals surface area contributed by atoms with E-state index in [2.05, 4.69) is 26.6 Å². The van der Waals surface area contributed by atoms with Crippen LogP contribution in [0.15, 0.2) is 45.8 Å². The third-order valence-electron chi connectivity index (χ3n) is 4.39. The Balaban J connectivity index is 2.14. The summed E-state index contributed by atoms with van der Waals surface area (Å²) in [4.78, 5) is 12.5. The van der Waals surface area contributed by atoms with E-state index in [9.17, 15) is 13.2 Å². The van der Waals surface area contributed by atoms with E-state index in [1.807, 2.05) is 32.0 Å². The summed E-state index contributed by atoms with van der Waals surface area (Å²) in [6.45, 7) is 8.26. The van der Waals surface area contributed by atoms with Gasteiger partial charge in [0.1, 0.15) is 0 Å². The van der Waals surface area contributed by atoms with E-state index in [1.54, 1.807) is 26.0 Å². The largest absolute Gasteiger partial charge is 0.375 e. The van der Waals surface area contributed by atoms with E-state index >= 15 is 0 Å². The Labute approximate surface area is 175 Å². The van der Waals surface area contributed by atoms with Crippen LogP contribution in [0.3, 0.4) is 0 Å². The zero-order valence-electron chi connectivity index (χ0n) is 16.5. The van der Waals surface area contributed by atoms with Crippen LogP contribution in [0.2, 0.25) is 0 Å². The highest BCUT2D eigenvalue weighted by Gasteiger charge is 2.22. The molecule has 2 rings (SSSR count). The van der Waals surface area contributed by atoms with Gasteiger partial charge in [0, 0.05) is 28.9 Å². The summed E-state index contributed by atoms with van der Waals surface area (Å²) in [6.07, 6.45) is 0. The number of carbonyl (C=O) groups is 1. The molecule has 0 saturated heterocycles. The second-order valence-corrected chi connectivity index (χ2v) is 9.24. The van der Waals surface area contributed by atoms with E-state index in [-0.39, 0.29) is 17.3 Å². The summed E-state index contributed by atoms with van der Waals surface area (Å²) in [7, 11) is -3.58. The van der Waals surface area contributed by atoms with Crippen LogP contribution in [0.5, 0.6) is 0 Å². The lowest BCUT2D eigenvalue weighted by Gasteiger charge is -2.19. The normalized spacial score (nSPS) is 11.5. The van der Waals surface area contributed by atoms with Crippen LogP contribution in [0.1, 0.15) is 25.0 Å². The van der Waals surface area contributed by atoms with Gasteiger partial charge in [-0.1, -0.05) is 26.0 Å². The van der Waals surface area contributed by atoms with E-state index in [0.717, 1.165) is 21.3 Å². The van der Waals surface area contributed by atoms with Crippen molar-refractivity contribution in [1.82, 2.24) is 4.31 Å². The molecular formula is C20H26BrN3O3S. The van der Waals surface area contributed by atoms with Crippen molar-refractivity contribution in [2.24, 2.45) is 0 Å². The first-order valence-corrected chi connectivity index (χ1v) is 11.3. The van der Waals surface area contributed by atoms with Gasteiger partial charge in [-0.15, -0.1) is 0 Å². The summed E-state index contributed by atoms with van der Waals surface area (Å²) < 4.78 is 27.7. The monoisotopic (exact) mass is 467 g/mol. The van der Waals surface area contributed by atoms with Crippen LogP contribution in [-0.2, 0) is 14.8 Å². The molecule has 0 saturated carbocycles. The number of amides is 1. The Kier molecular flexibility index (Phi) is 7.63. The zero-order valence-corrected chi connectivity index (χ0v) is 18.9. The van der Waals surface area contributed by atoms with Crippen molar-refractivity contribution < 1.29 is 13.2 Å². The first kappa shape index (κ1) is 22.4. The number of hydrogen-bond acceptors (Lipinski definition) is 4. The van der Waals surface area contributed by atoms with Gasteiger partial charge in [-0.05, 0) is 65.2 Å². The van der Waals surface area contributed by atoms with Crippen molar-refractivity contribution in [3.05, 3.63) is 52.0 Å². The molecular weight excluding hydrogens is 442 g/mol. The molecule has 0 aliphatic carbocycles. The first-order chi connectivity index (χ1) is 13.2. The summed E-state index contributed by atoms with van der Waals surface area (Å²) in [5.41, 5.74) is 3.21. The van der Waals surface area contributed by atoms with Crippen LogP contribution in [0.25, 0.3) is 0 Å². The number of nitrogens with zero attached hydrogens (tertiary/aromatic N) is 1. The molecule has 0 spiro atoms. The Morgan fingerprint density at radius 1 is 1.04 bits per heavy atom. The maximum Gasteiger partial charge on any atom is 0.243 e. The molecule has 0 bridgehead atoms. The number of aryl methyl sites for hydroxylation is 2. The average molecular weight is 468 g/mol. The van der Waals surface area contributed by atoms with Gasteiger partial charge in [0.2, 0.25) is 15.9 Å². The summed E-state index contributed by atoms with van der Waals surface area (Å²) in [6, 6.07) is 10.6. The van der Waals surface area contributed by atoms with Crippen molar-refractivity contribution in [3.8, 4) is 0 Å². The molecule has 0 unspecified atom stereocenters. The SMILES string of the molecule is CCN(CC)S(=O)(=O)c1ccc(C)c(NC(=O)CNc2ccc(C)cc2Br)c1. The molecule has 0 radical (unpaired) electrons. The zero-order chi connectivity index (χ0) is 20.9. The Hall–Kier alpha value is -1.90. The molecule has 6 nitrogen and oxygen atoms in total. The Bertz CT molecular complexity index is 957. The van der Waals surface area contributed by atoms with E-state index < -0.39 is 10.0 Å². The van der Waals surface area contributed by atoms with Gasteiger partial charge < -0.3 is 10.6 Å². The fraction of sp³-hybridized carbons (Fsp3) is 0.350. The molecule has 0 aliphatic rings. The minimum Gasteiger partial charge on any atom is -0.375 e. The molecule has 28 heavy (non-hydrogen) atoms. The van der Waals surface area contributed by atoms with Gasteiger partial charge in [0.25, 0.3) is 0 Å². The fourth-order valence-corrected chi connectivity index (χ4v) is 4.86. The summed E-state index contributed by atoms with van der Waals surface area (Å²) in [5, 5.41) is 5.87. The maximum absolute atomic E-state index is 12.7. The number of hydrogen-bond donors (Lipinski definition) is 2. The van der Waals surface area contributed by atoms with Crippen LogP contribution in [0.4, 0.5) is 11.4 Å². The van der Waals surface area contributed by atoms with Gasteiger partial charge >= 0.3 is 0 Å². The third kappa shape index (κ3) is 5.33. The van der Waals surface area contributed by atoms with Crippen molar-refractivity contribution in [1.29, 1.82) is 0 Å². The van der Waals surface area contributed by atoms with Crippen molar-refractivity contribution in [3.63, 3.8) is 0 Å². The van der Waals surface area contributed by atoms with E-state index in [4.69, 9.17) is 0 Å². The predicted octanol–water partition coefficient (Wildman–Crippen LogP) is 4.15. The third-order valence-corrected chi connectivity index (χ3v) is 7.09. The van der Waals surface area contributed by atoms with Gasteiger partial charge in [0.05, 0.1) is 11.4 Å². The maximum atomic E-state index is 12.7. The topological polar surface area (TPSA) is 78.5 Å². The predicted molar refractivity (Wildman–Crippen MR) is 117 cm³/mol. The van der Waals surface area contributed by atoms with Gasteiger partial charge in [-0.2, -0.15) is 4.31 Å². The van der Waals surface area contributed by atoms with Crippen LogP contribution >= 0.6 is 15.9 Å². The number of carbonyl (C=O) groups excluding carboxylic acids is 1. The van der Waals surface area contributed by atoms with Crippen LogP contribution < -0.4 is 10.6 Å². The average Bonchev–Trinajstić information content (AvgIpc) is 2.63. The van der Waals surface area contributed by atoms with E-state index in [0.29, 0.717) is 18.8 Å². The quantitative estimate of drug-likeness (QED) is 0.610. The second kappa shape index (κ2) is 9.54. The Morgan fingerprint density at radius 2 is 1.71 bits per heavy atom. The number of sulfonamides is 1. The number of nitrogens with one attached hydrogen (secondary N) is 2. The first-order valence-electron chi connectivity index (χ1n) is 9.09. The number of benzene rings is 2. The molecule has 0 aliphatic heterocycles. The van der Waals surface area contributed by atoms with E-state index in [1.165, 1.54) is 10.4 Å². The highest BCUT2D eigenvalue weighted by Crippen LogP contribution is 2.24. The minimum absolute atomic E-state index is 0.0636. The molecule has 1 amide bonds. The van der Waals surface area contributed by atoms with Gasteiger partial charge in [0.15, 0.2) is 0 Å². The lowest BCUT2D eigenvalue weighted by Crippen LogP contribution is -2.30. The fourth-order valence-electron chi connectivity index (χ4n) is 2.74. The molecule has 152 valence electrons. The van der Waals surface area contributed by atoms with Crippen molar-refractivity contribution in [2.45, 2.75) is 32.6 Å². The summed E-state index contributed by atoms with van der Waals surface area (Å²) >= 11 is 3.47. The highest BCUT2D eigenvalue weighted by atomic mass is 79.9. The highest BCUT2D eigenvalue weighted by molar-refractivity contribution is 9.10. The molecule has 2 aromatic carbocycles. The Morgan fingerprint density at radius 3 is 2.32 bits per heavy atom.